The van der Waals surface area contributed by atoms with Crippen molar-refractivity contribution >= 4 is 0 Å². The number of quaternary nitrogens is 1. The summed E-state index contributed by atoms with van der Waals surface area (Å²) in [7, 11) is 0. The maximum Gasteiger partial charge on any atom is 0.247 e. The minimum absolute atomic E-state index is 1.34. The molecule has 0 unspecified atom stereocenters. The number of hydrogen-bond acceptors (Lipinski definition) is 0. The van der Waals surface area contributed by atoms with Crippen molar-refractivity contribution < 1.29 is 23.0 Å². The van der Waals surface area contributed by atoms with Crippen LogP contribution in [0, 0.1) is 0 Å². The average Bonchev–Trinajstić information content (AvgIpc) is 1.30. The van der Waals surface area contributed by atoms with Gasteiger partial charge in [0, 0.05) is 0 Å². The fourth-order valence-corrected chi connectivity index (χ4v) is 0.0958. The highest BCUT2D eigenvalue weighted by atomic mass is 19.6. The van der Waals surface area contributed by atoms with Gasteiger partial charge in [-0.1, -0.05) is 0 Å². The van der Waals surface area contributed by atoms with Crippen LogP contribution in [0.4, 0.5) is 17.8 Å². The fourth-order valence-electron chi connectivity index (χ4n) is 0.0958. The van der Waals surface area contributed by atoms with Crippen molar-refractivity contribution in [3.63, 3.8) is 0 Å². The average molecular weight is 118 g/mol. The molecular weight excluding hydrogens is 114 g/mol. The van der Waals surface area contributed by atoms with Crippen molar-refractivity contribution in [1.29, 1.82) is 0 Å². The zero-order chi connectivity index (χ0) is 5.91. The van der Waals surface area contributed by atoms with Gasteiger partial charge in [-0.2, -0.15) is 0 Å². The molecule has 0 heterocycles. The quantitative estimate of drug-likeness (QED) is 0.380. The first-order valence-electron chi connectivity index (χ1n) is 1.59. The van der Waals surface area contributed by atoms with Gasteiger partial charge in [-0.05, 0) is 0 Å². The van der Waals surface area contributed by atoms with E-state index in [9.17, 15) is 17.8 Å². The highest BCUT2D eigenvalue weighted by Gasteiger charge is 2.29. The Bertz CT molecular complexity index is 48.1. The van der Waals surface area contributed by atoms with Gasteiger partial charge in [-0.15, -0.1) is 0 Å². The van der Waals surface area contributed by atoms with Gasteiger partial charge in [0.2, 0.25) is 11.7 Å². The van der Waals surface area contributed by atoms with Crippen LogP contribution in [-0.4, -0.2) is 18.4 Å². The molecule has 0 aromatic carbocycles. The molecule has 0 fully saturated rings. The second-order valence-electron chi connectivity index (χ2n) is 0.963. The Hall–Kier alpha value is -0.320. The molecule has 0 radical (unpaired) electrons. The summed E-state index contributed by atoms with van der Waals surface area (Å²) in [5.74, 6) is 0. The third-order valence-corrected chi connectivity index (χ3v) is 0.338. The van der Waals surface area contributed by atoms with Gasteiger partial charge in [-0.3, -0.25) is 0 Å². The molecule has 0 saturated heterocycles. The Morgan fingerprint density at radius 1 is 1.14 bits per heavy atom. The lowest BCUT2D eigenvalue weighted by Crippen LogP contribution is -2.20. The largest absolute Gasteiger partial charge is 0.247 e. The highest BCUT2D eigenvalue weighted by molar-refractivity contribution is 4.10. The number of nitrogens with zero attached hydrogens (tertiary/aromatic N) is 1. The first-order valence-corrected chi connectivity index (χ1v) is 1.59. The van der Waals surface area contributed by atoms with Crippen LogP contribution >= 0.6 is 0 Å². The molecule has 44 valence electrons. The topological polar surface area (TPSA) is 0 Å². The summed E-state index contributed by atoms with van der Waals surface area (Å²) >= 11 is 0. The Morgan fingerprint density at radius 3 is 1.57 bits per heavy atom. The van der Waals surface area contributed by atoms with Crippen LogP contribution in [0.25, 0.3) is 0 Å². The summed E-state index contributed by atoms with van der Waals surface area (Å²) in [4.78, 5) is 0. The van der Waals surface area contributed by atoms with Crippen LogP contribution in [0.3, 0.4) is 0 Å². The summed E-state index contributed by atoms with van der Waals surface area (Å²) in [5.41, 5.74) is 0. The molecule has 0 spiro atoms. The first kappa shape index (κ1) is 6.68. The van der Waals surface area contributed by atoms with E-state index in [1.165, 1.54) is 0 Å². The maximum absolute atomic E-state index is 10.8. The molecule has 0 amide bonds. The number of alkyl halides is 1. The van der Waals surface area contributed by atoms with Crippen LogP contribution in [0.1, 0.15) is 0 Å². The maximum atomic E-state index is 10.8. The lowest BCUT2D eigenvalue weighted by Gasteiger charge is -1.92. The minimum Gasteiger partial charge on any atom is -0.244 e. The second kappa shape index (κ2) is 2.11. The fraction of sp³-hybridized carbons (Fsp3) is 1.00. The van der Waals surface area contributed by atoms with Crippen LogP contribution in [0.5, 0.6) is 0 Å². The van der Waals surface area contributed by atoms with Gasteiger partial charge in [0.1, 0.15) is 6.67 Å². The summed E-state index contributed by atoms with van der Waals surface area (Å²) in [6, 6.07) is 0. The molecule has 5 heteroatoms. The van der Waals surface area contributed by atoms with E-state index in [0.29, 0.717) is 0 Å². The van der Waals surface area contributed by atoms with Crippen molar-refractivity contribution in [3.05, 3.63) is 0 Å². The predicted octanol–water partition coefficient (Wildman–Crippen LogP) is 1.43. The number of rotatable bonds is 2. The van der Waals surface area contributed by atoms with Crippen molar-refractivity contribution in [2.75, 3.05) is 13.2 Å². The molecule has 0 N–H and O–H groups in total. The van der Waals surface area contributed by atoms with Gasteiger partial charge >= 0.3 is 0 Å². The SMILES string of the molecule is FCC[N+](F)(F)F. The Kier molecular flexibility index (Phi) is 2.01. The Labute approximate surface area is 37.5 Å². The van der Waals surface area contributed by atoms with Crippen LogP contribution < -0.4 is 0 Å². The van der Waals surface area contributed by atoms with Gasteiger partial charge in [0.15, 0.2) is 0 Å². The van der Waals surface area contributed by atoms with Gasteiger partial charge < -0.3 is 0 Å². The second-order valence-corrected chi connectivity index (χ2v) is 0.963. The summed E-state index contributed by atoms with van der Waals surface area (Å²) < 4.78 is 43.0. The van der Waals surface area contributed by atoms with Crippen molar-refractivity contribution in [2.45, 2.75) is 0 Å². The van der Waals surface area contributed by atoms with E-state index in [4.69, 9.17) is 0 Å². The molecule has 0 aliphatic rings. The van der Waals surface area contributed by atoms with E-state index in [2.05, 4.69) is 0 Å². The van der Waals surface area contributed by atoms with Gasteiger partial charge in [0.05, 0.1) is 13.4 Å². The van der Waals surface area contributed by atoms with E-state index in [1.54, 1.807) is 0 Å². The standard InChI is InChI=1S/C2H4F4N/c3-1-2-7(4,5)6/h1-2H2/q+1. The van der Waals surface area contributed by atoms with Gasteiger partial charge in [-0.25, -0.2) is 4.39 Å². The van der Waals surface area contributed by atoms with Crippen molar-refractivity contribution in [3.8, 4) is 0 Å². The Morgan fingerprint density at radius 2 is 1.57 bits per heavy atom. The van der Waals surface area contributed by atoms with E-state index in [0.717, 1.165) is 0 Å². The van der Waals surface area contributed by atoms with Gasteiger partial charge in [0.25, 0.3) is 0 Å². The smallest absolute Gasteiger partial charge is 0.244 e. The molecule has 0 aliphatic carbocycles. The number of halogens is 4. The summed E-state index contributed by atoms with van der Waals surface area (Å²) in [6.07, 6.45) is 0. The lowest BCUT2D eigenvalue weighted by molar-refractivity contribution is -1.27. The molecular formula is C2H4F4N+. The molecule has 7 heavy (non-hydrogen) atoms. The molecule has 0 aliphatic heterocycles. The first-order chi connectivity index (χ1) is 3.06. The van der Waals surface area contributed by atoms with E-state index in [-0.39, 0.29) is 0 Å². The molecule has 1 nitrogen and oxygen atoms in total. The van der Waals surface area contributed by atoms with Crippen LogP contribution in [-0.2, 0) is 0 Å². The molecule has 0 bridgehead atoms. The monoisotopic (exact) mass is 118 g/mol. The summed E-state index contributed by atoms with van der Waals surface area (Å²) in [5, 5.41) is -3.78. The third kappa shape index (κ3) is 5.68. The zero-order valence-electron chi connectivity index (χ0n) is 3.37. The lowest BCUT2D eigenvalue weighted by atomic mass is 10.8. The molecule has 0 aromatic heterocycles. The molecule has 0 aromatic rings. The van der Waals surface area contributed by atoms with Crippen molar-refractivity contribution in [2.24, 2.45) is 0 Å². The van der Waals surface area contributed by atoms with Crippen molar-refractivity contribution in [1.82, 2.24) is 0 Å². The Balaban J connectivity index is 3.15. The van der Waals surface area contributed by atoms with E-state index in [1.807, 2.05) is 0 Å². The van der Waals surface area contributed by atoms with E-state index >= 15 is 0 Å². The molecule has 0 saturated carbocycles. The zero-order valence-corrected chi connectivity index (χ0v) is 3.37. The van der Waals surface area contributed by atoms with Crippen LogP contribution in [0.15, 0.2) is 0 Å². The van der Waals surface area contributed by atoms with E-state index < -0.39 is 18.4 Å². The third-order valence-electron chi connectivity index (χ3n) is 0.338. The highest BCUT2D eigenvalue weighted by Crippen LogP contribution is 2.08. The van der Waals surface area contributed by atoms with Crippen LogP contribution in [0.2, 0.25) is 0 Å². The normalized spacial score (nSPS) is 12.0. The minimum atomic E-state index is -3.78. The molecule has 0 rings (SSSR count). The number of hydrogen-bond donors (Lipinski definition) is 0. The predicted molar refractivity (Wildman–Crippen MR) is 14.4 cm³/mol. The molecule has 0 atom stereocenters. The summed E-state index contributed by atoms with van der Waals surface area (Å²) in [6.45, 7) is -2.73.